The maximum absolute atomic E-state index is 14.1. The van der Waals surface area contributed by atoms with Crippen LogP contribution in [0, 0.1) is 0 Å². The molecular formula is C15H15F2NO4. The van der Waals surface area contributed by atoms with Crippen molar-refractivity contribution in [1.82, 2.24) is 0 Å². The van der Waals surface area contributed by atoms with E-state index in [0.717, 1.165) is 17.2 Å². The second kappa shape index (κ2) is 6.13. The number of hydrogen-bond donors (Lipinski definition) is 0. The molecule has 0 aromatic heterocycles. The highest BCUT2D eigenvalue weighted by Gasteiger charge is 2.55. The van der Waals surface area contributed by atoms with Gasteiger partial charge in [-0.2, -0.15) is 8.78 Å². The number of carbonyl (C=O) groups is 2. The topological polar surface area (TPSA) is 55.8 Å². The van der Waals surface area contributed by atoms with Crippen molar-refractivity contribution in [3.05, 3.63) is 36.5 Å². The molecule has 1 unspecified atom stereocenters. The summed E-state index contributed by atoms with van der Waals surface area (Å²) in [4.78, 5) is 24.4. The number of methoxy groups -OCH3 is 1. The number of alkyl halides is 2. The van der Waals surface area contributed by atoms with Gasteiger partial charge in [0.1, 0.15) is 5.75 Å². The lowest BCUT2D eigenvalue weighted by molar-refractivity contribution is -0.161. The van der Waals surface area contributed by atoms with Crippen LogP contribution in [-0.4, -0.2) is 37.4 Å². The van der Waals surface area contributed by atoms with Gasteiger partial charge in [-0.05, 0) is 31.2 Å². The summed E-state index contributed by atoms with van der Waals surface area (Å²) in [5.74, 6) is -5.89. The Labute approximate surface area is 126 Å². The summed E-state index contributed by atoms with van der Waals surface area (Å²) >= 11 is 0. The lowest BCUT2D eigenvalue weighted by Gasteiger charge is -2.35. The van der Waals surface area contributed by atoms with Gasteiger partial charge in [-0.25, -0.2) is 4.79 Å². The molecule has 1 heterocycles. The van der Waals surface area contributed by atoms with Crippen molar-refractivity contribution in [2.75, 3.05) is 18.6 Å². The van der Waals surface area contributed by atoms with E-state index in [4.69, 9.17) is 9.47 Å². The molecule has 1 aliphatic heterocycles. The van der Waals surface area contributed by atoms with Crippen LogP contribution in [0.2, 0.25) is 0 Å². The number of esters is 1. The van der Waals surface area contributed by atoms with Crippen molar-refractivity contribution in [1.29, 1.82) is 0 Å². The molecule has 0 saturated heterocycles. The maximum Gasteiger partial charge on any atom is 0.340 e. The second-order valence-corrected chi connectivity index (χ2v) is 4.56. The van der Waals surface area contributed by atoms with Crippen molar-refractivity contribution in [2.45, 2.75) is 18.9 Å². The molecule has 118 valence electrons. The molecule has 0 bridgehead atoms. The molecule has 0 spiro atoms. The highest BCUT2D eigenvalue weighted by Crippen LogP contribution is 2.34. The predicted molar refractivity (Wildman–Crippen MR) is 75.0 cm³/mol. The SMILES string of the molecule is CCOC(=O)C1N(c2ccc(OC)cc2)C=CC(=O)C1(F)F. The zero-order chi connectivity index (χ0) is 16.3. The second-order valence-electron chi connectivity index (χ2n) is 4.56. The smallest absolute Gasteiger partial charge is 0.340 e. The Morgan fingerprint density at radius 2 is 1.95 bits per heavy atom. The molecule has 0 saturated carbocycles. The normalized spacial score (nSPS) is 19.9. The lowest BCUT2D eigenvalue weighted by Crippen LogP contribution is -2.57. The largest absolute Gasteiger partial charge is 0.497 e. The van der Waals surface area contributed by atoms with Crippen LogP contribution < -0.4 is 9.64 Å². The molecule has 1 aliphatic rings. The van der Waals surface area contributed by atoms with E-state index >= 15 is 0 Å². The van der Waals surface area contributed by atoms with E-state index in [2.05, 4.69) is 0 Å². The van der Waals surface area contributed by atoms with Gasteiger partial charge in [0, 0.05) is 18.0 Å². The van der Waals surface area contributed by atoms with E-state index in [1.54, 1.807) is 12.1 Å². The summed E-state index contributed by atoms with van der Waals surface area (Å²) in [7, 11) is 1.48. The fraction of sp³-hybridized carbons (Fsp3) is 0.333. The summed E-state index contributed by atoms with van der Waals surface area (Å²) in [6, 6.07) is 4.14. The molecule has 1 aromatic rings. The van der Waals surface area contributed by atoms with Crippen LogP contribution in [0.5, 0.6) is 5.75 Å². The Morgan fingerprint density at radius 3 is 2.50 bits per heavy atom. The first kappa shape index (κ1) is 15.9. The van der Waals surface area contributed by atoms with E-state index in [0.29, 0.717) is 11.4 Å². The minimum absolute atomic E-state index is 0.0558. The van der Waals surface area contributed by atoms with Crippen molar-refractivity contribution >= 4 is 17.4 Å². The minimum Gasteiger partial charge on any atom is -0.497 e. The molecule has 2 rings (SSSR count). The summed E-state index contributed by atoms with van der Waals surface area (Å²) in [6.45, 7) is 1.45. The molecular weight excluding hydrogens is 296 g/mol. The molecule has 7 heteroatoms. The highest BCUT2D eigenvalue weighted by molar-refractivity contribution is 6.03. The van der Waals surface area contributed by atoms with E-state index in [1.165, 1.54) is 26.2 Å². The summed E-state index contributed by atoms with van der Waals surface area (Å²) < 4.78 is 38.0. The Bertz CT molecular complexity index is 598. The van der Waals surface area contributed by atoms with Crippen LogP contribution >= 0.6 is 0 Å². The summed E-state index contributed by atoms with van der Waals surface area (Å²) in [5.41, 5.74) is 0.322. The van der Waals surface area contributed by atoms with Crippen molar-refractivity contribution in [3.63, 3.8) is 0 Å². The van der Waals surface area contributed by atoms with Crippen LogP contribution in [0.15, 0.2) is 36.5 Å². The number of carbonyl (C=O) groups excluding carboxylic acids is 2. The van der Waals surface area contributed by atoms with Gasteiger partial charge in [-0.1, -0.05) is 0 Å². The van der Waals surface area contributed by atoms with Gasteiger partial charge in [0.25, 0.3) is 0 Å². The third kappa shape index (κ3) is 2.79. The molecule has 0 amide bonds. The van der Waals surface area contributed by atoms with Gasteiger partial charge >= 0.3 is 11.9 Å². The van der Waals surface area contributed by atoms with Crippen LogP contribution in [0.1, 0.15) is 6.92 Å². The van der Waals surface area contributed by atoms with Crippen LogP contribution in [0.4, 0.5) is 14.5 Å². The molecule has 0 aliphatic carbocycles. The lowest BCUT2D eigenvalue weighted by atomic mass is 9.99. The van der Waals surface area contributed by atoms with Gasteiger partial charge in [0.2, 0.25) is 11.8 Å². The standard InChI is InChI=1S/C15H15F2NO4/c1-3-22-14(20)13-15(16,17)12(19)8-9-18(13)10-4-6-11(21-2)7-5-10/h4-9,13H,3H2,1-2H3. The number of anilines is 1. The Morgan fingerprint density at radius 1 is 1.32 bits per heavy atom. The van der Waals surface area contributed by atoms with E-state index < -0.39 is 23.7 Å². The highest BCUT2D eigenvalue weighted by atomic mass is 19.3. The molecule has 1 atom stereocenters. The van der Waals surface area contributed by atoms with Crippen molar-refractivity contribution < 1.29 is 27.8 Å². The minimum atomic E-state index is -3.86. The van der Waals surface area contributed by atoms with Gasteiger partial charge in [-0.3, -0.25) is 4.79 Å². The van der Waals surface area contributed by atoms with Crippen LogP contribution in [0.3, 0.4) is 0 Å². The molecule has 1 aromatic carbocycles. The third-order valence-electron chi connectivity index (χ3n) is 3.22. The van der Waals surface area contributed by atoms with Gasteiger partial charge in [-0.15, -0.1) is 0 Å². The third-order valence-corrected chi connectivity index (χ3v) is 3.22. The van der Waals surface area contributed by atoms with Crippen molar-refractivity contribution in [2.24, 2.45) is 0 Å². The molecule has 0 N–H and O–H groups in total. The van der Waals surface area contributed by atoms with E-state index in [9.17, 15) is 18.4 Å². The maximum atomic E-state index is 14.1. The Kier molecular flexibility index (Phi) is 4.44. The quantitative estimate of drug-likeness (QED) is 0.798. The van der Waals surface area contributed by atoms with Crippen LogP contribution in [-0.2, 0) is 14.3 Å². The Balaban J connectivity index is 2.43. The number of hydrogen-bond acceptors (Lipinski definition) is 5. The zero-order valence-corrected chi connectivity index (χ0v) is 12.1. The first-order valence-corrected chi connectivity index (χ1v) is 6.61. The Hall–Kier alpha value is -2.44. The van der Waals surface area contributed by atoms with E-state index in [1.807, 2.05) is 0 Å². The van der Waals surface area contributed by atoms with Gasteiger partial charge in [0.05, 0.1) is 13.7 Å². The summed E-state index contributed by atoms with van der Waals surface area (Å²) in [5, 5.41) is 0. The first-order chi connectivity index (χ1) is 10.4. The zero-order valence-electron chi connectivity index (χ0n) is 12.1. The molecule has 0 radical (unpaired) electrons. The summed E-state index contributed by atoms with van der Waals surface area (Å²) in [6.07, 6.45) is 1.91. The van der Waals surface area contributed by atoms with Crippen LogP contribution in [0.25, 0.3) is 0 Å². The first-order valence-electron chi connectivity index (χ1n) is 6.61. The monoisotopic (exact) mass is 311 g/mol. The number of allylic oxidation sites excluding steroid dienone is 1. The molecule has 22 heavy (non-hydrogen) atoms. The number of benzene rings is 1. The van der Waals surface area contributed by atoms with Crippen molar-refractivity contribution in [3.8, 4) is 5.75 Å². The average molecular weight is 311 g/mol. The number of halogens is 2. The average Bonchev–Trinajstić information content (AvgIpc) is 2.50. The number of rotatable bonds is 4. The van der Waals surface area contributed by atoms with Gasteiger partial charge in [0.15, 0.2) is 0 Å². The number of nitrogens with zero attached hydrogens (tertiary/aromatic N) is 1. The molecule has 5 nitrogen and oxygen atoms in total. The molecule has 0 fully saturated rings. The van der Waals surface area contributed by atoms with Gasteiger partial charge < -0.3 is 14.4 Å². The predicted octanol–water partition coefficient (Wildman–Crippen LogP) is 2.17. The fourth-order valence-corrected chi connectivity index (χ4v) is 2.13. The number of ether oxygens (including phenoxy) is 2. The number of ketones is 1. The van der Waals surface area contributed by atoms with E-state index in [-0.39, 0.29) is 6.61 Å². The fourth-order valence-electron chi connectivity index (χ4n) is 2.13.